The third-order valence-corrected chi connectivity index (χ3v) is 5.98. The number of hydrogen-bond acceptors (Lipinski definition) is 7. The zero-order chi connectivity index (χ0) is 21.3. The number of methoxy groups -OCH3 is 1. The number of amides is 1. The van der Waals surface area contributed by atoms with Gasteiger partial charge in [-0.2, -0.15) is 5.10 Å². The number of fused-ring (bicyclic) bond motifs is 1. The van der Waals surface area contributed by atoms with E-state index in [2.05, 4.69) is 34.5 Å². The first-order valence-electron chi connectivity index (χ1n) is 9.78. The van der Waals surface area contributed by atoms with Crippen molar-refractivity contribution in [3.8, 4) is 11.4 Å². The molecule has 0 fully saturated rings. The minimum absolute atomic E-state index is 0.0337. The number of nitrogens with zero attached hydrogens (tertiary/aromatic N) is 4. The summed E-state index contributed by atoms with van der Waals surface area (Å²) in [7, 11) is 1.65. The van der Waals surface area contributed by atoms with Crippen LogP contribution in [-0.4, -0.2) is 38.7 Å². The number of carbonyl (C=O) groups is 1. The Kier molecular flexibility index (Phi) is 5.55. The van der Waals surface area contributed by atoms with Crippen LogP contribution in [0.25, 0.3) is 5.69 Å². The minimum atomic E-state index is -0.0896. The zero-order valence-electron chi connectivity index (χ0n) is 17.5. The fourth-order valence-electron chi connectivity index (χ4n) is 3.82. The van der Waals surface area contributed by atoms with Crippen molar-refractivity contribution in [1.82, 2.24) is 25.3 Å². The van der Waals surface area contributed by atoms with Gasteiger partial charge in [-0.15, -0.1) is 10.2 Å². The Labute approximate surface area is 179 Å². The van der Waals surface area contributed by atoms with Crippen LogP contribution < -0.4 is 10.1 Å². The Hall–Kier alpha value is -2.81. The molecule has 1 unspecified atom stereocenters. The highest BCUT2D eigenvalue weighted by Crippen LogP contribution is 2.41. The molecule has 3 aromatic rings. The molecular formula is C21H25N5O3S. The second-order valence-electron chi connectivity index (χ2n) is 8.20. The first-order valence-corrected chi connectivity index (χ1v) is 10.8. The normalized spacial score (nSPS) is 17.4. The molecule has 30 heavy (non-hydrogen) atoms. The predicted molar refractivity (Wildman–Crippen MR) is 113 cm³/mol. The molecule has 1 aromatic carbocycles. The Morgan fingerprint density at radius 1 is 1.33 bits per heavy atom. The lowest BCUT2D eigenvalue weighted by molar-refractivity contribution is -0.119. The van der Waals surface area contributed by atoms with Crippen LogP contribution in [0.15, 0.2) is 40.1 Å². The molecule has 0 radical (unpaired) electrons. The van der Waals surface area contributed by atoms with Crippen molar-refractivity contribution in [3.05, 3.63) is 47.6 Å². The zero-order valence-corrected chi connectivity index (χ0v) is 18.3. The molecule has 158 valence electrons. The fraction of sp³-hybridized carbons (Fsp3) is 0.429. The second-order valence-corrected chi connectivity index (χ2v) is 9.12. The highest BCUT2D eigenvalue weighted by Gasteiger charge is 2.36. The smallest absolute Gasteiger partial charge is 0.277 e. The highest BCUT2D eigenvalue weighted by molar-refractivity contribution is 7.99. The number of thioether (sulfide) groups is 1. The largest absolute Gasteiger partial charge is 0.497 e. The standard InChI is InChI=1S/C21H25N5O3S/c1-13-24-25-20(29-13)30-12-19(27)23-17-9-21(2,3)10-18-16(17)11-22-26(18)14-5-7-15(28-4)8-6-14/h5-8,11,17H,9-10,12H2,1-4H3,(H,23,27). The third-order valence-electron chi connectivity index (χ3n) is 5.17. The van der Waals surface area contributed by atoms with Gasteiger partial charge in [-0.25, -0.2) is 4.68 Å². The summed E-state index contributed by atoms with van der Waals surface area (Å²) in [6.07, 6.45) is 3.61. The number of hydrogen-bond donors (Lipinski definition) is 1. The lowest BCUT2D eigenvalue weighted by atomic mass is 9.74. The Bertz CT molecular complexity index is 1040. The van der Waals surface area contributed by atoms with Gasteiger partial charge in [-0.05, 0) is 42.5 Å². The fourth-order valence-corrected chi connectivity index (χ4v) is 4.43. The summed E-state index contributed by atoms with van der Waals surface area (Å²) in [5, 5.41) is 15.9. The molecule has 4 rings (SSSR count). The summed E-state index contributed by atoms with van der Waals surface area (Å²) in [4.78, 5) is 12.6. The van der Waals surface area contributed by atoms with E-state index in [0.29, 0.717) is 11.1 Å². The molecule has 1 amide bonds. The van der Waals surface area contributed by atoms with Gasteiger partial charge in [-0.3, -0.25) is 4.79 Å². The van der Waals surface area contributed by atoms with Crippen LogP contribution in [-0.2, 0) is 11.2 Å². The van der Waals surface area contributed by atoms with Gasteiger partial charge in [0.2, 0.25) is 11.8 Å². The molecule has 1 aliphatic rings. The molecule has 1 aliphatic carbocycles. The van der Waals surface area contributed by atoms with Gasteiger partial charge in [0.15, 0.2) is 0 Å². The van der Waals surface area contributed by atoms with Crippen LogP contribution in [0.1, 0.15) is 43.5 Å². The van der Waals surface area contributed by atoms with Crippen LogP contribution in [0.3, 0.4) is 0 Å². The summed E-state index contributed by atoms with van der Waals surface area (Å²) < 4.78 is 12.5. The minimum Gasteiger partial charge on any atom is -0.497 e. The van der Waals surface area contributed by atoms with Crippen LogP contribution >= 0.6 is 11.8 Å². The molecule has 8 nitrogen and oxygen atoms in total. The summed E-state index contributed by atoms with van der Waals surface area (Å²) in [6.45, 7) is 6.16. The van der Waals surface area contributed by atoms with Crippen molar-refractivity contribution in [2.45, 2.75) is 44.9 Å². The summed E-state index contributed by atoms with van der Waals surface area (Å²) in [5.74, 6) is 1.45. The molecule has 1 atom stereocenters. The van der Waals surface area contributed by atoms with Crippen molar-refractivity contribution in [3.63, 3.8) is 0 Å². The molecular weight excluding hydrogens is 402 g/mol. The summed E-state index contributed by atoms with van der Waals surface area (Å²) >= 11 is 1.24. The predicted octanol–water partition coefficient (Wildman–Crippen LogP) is 3.49. The van der Waals surface area contributed by atoms with Crippen LogP contribution in [0, 0.1) is 12.3 Å². The average Bonchev–Trinajstić information content (AvgIpc) is 3.31. The first kappa shape index (κ1) is 20.5. The van der Waals surface area contributed by atoms with E-state index in [1.165, 1.54) is 11.8 Å². The van der Waals surface area contributed by atoms with Crippen LogP contribution in [0.5, 0.6) is 5.75 Å². The Morgan fingerprint density at radius 2 is 2.10 bits per heavy atom. The van der Waals surface area contributed by atoms with Crippen LogP contribution in [0.4, 0.5) is 0 Å². The van der Waals surface area contributed by atoms with Gasteiger partial charge >= 0.3 is 0 Å². The van der Waals surface area contributed by atoms with E-state index in [1.54, 1.807) is 14.0 Å². The van der Waals surface area contributed by atoms with Gasteiger partial charge in [0, 0.05) is 12.5 Å². The number of carbonyl (C=O) groups excluding carboxylic acids is 1. The van der Waals surface area contributed by atoms with E-state index >= 15 is 0 Å². The maximum absolute atomic E-state index is 12.6. The quantitative estimate of drug-likeness (QED) is 0.602. The Morgan fingerprint density at radius 3 is 2.77 bits per heavy atom. The summed E-state index contributed by atoms with van der Waals surface area (Å²) in [5.41, 5.74) is 3.20. The first-order chi connectivity index (χ1) is 14.3. The van der Waals surface area contributed by atoms with Crippen LogP contribution in [0.2, 0.25) is 0 Å². The molecule has 2 aromatic heterocycles. The SMILES string of the molecule is COc1ccc(-n2ncc3c2CC(C)(C)CC3NC(=O)CSc2nnc(C)o2)cc1. The lowest BCUT2D eigenvalue weighted by Gasteiger charge is -2.36. The van der Waals surface area contributed by atoms with Gasteiger partial charge < -0.3 is 14.5 Å². The number of ether oxygens (including phenoxy) is 1. The van der Waals surface area contributed by atoms with Crippen molar-refractivity contribution in [1.29, 1.82) is 0 Å². The molecule has 0 saturated carbocycles. The lowest BCUT2D eigenvalue weighted by Crippen LogP contribution is -2.37. The Balaban J connectivity index is 1.52. The monoisotopic (exact) mass is 427 g/mol. The van der Waals surface area contributed by atoms with Gasteiger partial charge in [0.05, 0.1) is 36.5 Å². The van der Waals surface area contributed by atoms with Gasteiger partial charge in [0.1, 0.15) is 5.75 Å². The molecule has 0 spiro atoms. The maximum atomic E-state index is 12.6. The maximum Gasteiger partial charge on any atom is 0.277 e. The number of rotatable bonds is 6. The van der Waals surface area contributed by atoms with Crippen molar-refractivity contribution in [2.24, 2.45) is 5.41 Å². The van der Waals surface area contributed by atoms with E-state index in [4.69, 9.17) is 9.15 Å². The van der Waals surface area contributed by atoms with E-state index in [9.17, 15) is 4.79 Å². The van der Waals surface area contributed by atoms with E-state index in [1.807, 2.05) is 35.1 Å². The summed E-state index contributed by atoms with van der Waals surface area (Å²) in [6, 6.07) is 7.74. The molecule has 2 heterocycles. The molecule has 1 N–H and O–H groups in total. The van der Waals surface area contributed by atoms with Crippen molar-refractivity contribution >= 4 is 17.7 Å². The number of benzene rings is 1. The van der Waals surface area contributed by atoms with Gasteiger partial charge in [-0.1, -0.05) is 25.6 Å². The number of aromatic nitrogens is 4. The van der Waals surface area contributed by atoms with E-state index < -0.39 is 0 Å². The molecule has 0 bridgehead atoms. The highest BCUT2D eigenvalue weighted by atomic mass is 32.2. The van der Waals surface area contributed by atoms with Crippen molar-refractivity contribution < 1.29 is 13.9 Å². The number of aryl methyl sites for hydroxylation is 1. The van der Waals surface area contributed by atoms with E-state index in [-0.39, 0.29) is 23.1 Å². The molecule has 9 heteroatoms. The number of nitrogens with one attached hydrogen (secondary N) is 1. The van der Waals surface area contributed by atoms with E-state index in [0.717, 1.165) is 35.5 Å². The second kappa shape index (κ2) is 8.14. The van der Waals surface area contributed by atoms with Gasteiger partial charge in [0.25, 0.3) is 5.22 Å². The average molecular weight is 428 g/mol. The molecule has 0 aliphatic heterocycles. The van der Waals surface area contributed by atoms with Crippen molar-refractivity contribution in [2.75, 3.05) is 12.9 Å². The third kappa shape index (κ3) is 4.35. The molecule has 0 saturated heterocycles. The topological polar surface area (TPSA) is 95.1 Å².